The van der Waals surface area contributed by atoms with Crippen LogP contribution in [0.15, 0.2) is 12.5 Å². The Balaban J connectivity index is 2.11. The second-order valence-corrected chi connectivity index (χ2v) is 5.14. The molecule has 0 atom stereocenters. The molecule has 1 aliphatic carbocycles. The molecule has 84 valence electrons. The fraction of sp³-hybridized carbons (Fsp3) is 0.583. The van der Waals surface area contributed by atoms with Gasteiger partial charge in [-0.3, -0.25) is 9.69 Å². The zero-order chi connectivity index (χ0) is 11.3. The molecule has 0 spiro atoms. The molecule has 1 amide bonds. The first-order valence-electron chi connectivity index (χ1n) is 5.76. The molecular weight excluding hydrogens is 202 g/mol. The van der Waals surface area contributed by atoms with Crippen LogP contribution in [0, 0.1) is 0 Å². The number of nitrogens with zero attached hydrogens (tertiary/aromatic N) is 3. The third-order valence-corrected chi connectivity index (χ3v) is 3.79. The lowest BCUT2D eigenvalue weighted by atomic mass is 9.87. The van der Waals surface area contributed by atoms with Crippen molar-refractivity contribution >= 4 is 11.7 Å². The van der Waals surface area contributed by atoms with Gasteiger partial charge < -0.3 is 0 Å². The first kappa shape index (κ1) is 9.75. The Kier molecular flexibility index (Phi) is 1.85. The van der Waals surface area contributed by atoms with E-state index in [0.717, 1.165) is 24.2 Å². The number of rotatable bonds is 1. The first-order valence-corrected chi connectivity index (χ1v) is 5.76. The smallest absolute Gasteiger partial charge is 0.238 e. The summed E-state index contributed by atoms with van der Waals surface area (Å²) in [5.41, 5.74) is 0.499. The average Bonchev–Trinajstić information content (AvgIpc) is 2.39. The van der Waals surface area contributed by atoms with Crippen molar-refractivity contribution in [2.75, 3.05) is 4.90 Å². The lowest BCUT2D eigenvalue weighted by molar-refractivity contribution is -0.122. The SMILES string of the molecule is CC1(C)C(=O)N(C2CCC2)c2ncncc21. The summed E-state index contributed by atoms with van der Waals surface area (Å²) in [6, 6.07) is 0.364. The molecule has 0 radical (unpaired) electrons. The molecule has 0 unspecified atom stereocenters. The van der Waals surface area contributed by atoms with Crippen molar-refractivity contribution in [2.24, 2.45) is 0 Å². The number of fused-ring (bicyclic) bond motifs is 1. The van der Waals surface area contributed by atoms with E-state index in [1.165, 1.54) is 12.7 Å². The number of carbonyl (C=O) groups is 1. The molecule has 0 N–H and O–H groups in total. The van der Waals surface area contributed by atoms with Gasteiger partial charge in [0, 0.05) is 17.8 Å². The van der Waals surface area contributed by atoms with E-state index in [9.17, 15) is 4.79 Å². The molecule has 1 aliphatic heterocycles. The van der Waals surface area contributed by atoms with Crippen molar-refractivity contribution in [3.05, 3.63) is 18.1 Å². The van der Waals surface area contributed by atoms with Gasteiger partial charge in [-0.2, -0.15) is 0 Å². The predicted octanol–water partition coefficient (Wildman–Crippen LogP) is 1.65. The molecule has 1 aromatic rings. The topological polar surface area (TPSA) is 46.1 Å². The van der Waals surface area contributed by atoms with Gasteiger partial charge in [0.2, 0.25) is 5.91 Å². The van der Waals surface area contributed by atoms with Gasteiger partial charge in [0.15, 0.2) is 0 Å². The largest absolute Gasteiger partial charge is 0.293 e. The highest BCUT2D eigenvalue weighted by Crippen LogP contribution is 2.43. The van der Waals surface area contributed by atoms with Crippen molar-refractivity contribution in [3.8, 4) is 0 Å². The Hall–Kier alpha value is -1.45. The van der Waals surface area contributed by atoms with Gasteiger partial charge in [-0.05, 0) is 33.1 Å². The minimum absolute atomic E-state index is 0.174. The van der Waals surface area contributed by atoms with E-state index in [2.05, 4.69) is 9.97 Å². The molecule has 1 aromatic heterocycles. The normalized spacial score (nSPS) is 23.1. The minimum atomic E-state index is -0.466. The van der Waals surface area contributed by atoms with E-state index >= 15 is 0 Å². The molecule has 0 saturated heterocycles. The maximum absolute atomic E-state index is 12.4. The van der Waals surface area contributed by atoms with Crippen LogP contribution in [-0.4, -0.2) is 21.9 Å². The number of aromatic nitrogens is 2. The van der Waals surface area contributed by atoms with Crippen LogP contribution in [0.4, 0.5) is 5.82 Å². The summed E-state index contributed by atoms with van der Waals surface area (Å²) in [4.78, 5) is 22.6. The second-order valence-electron chi connectivity index (χ2n) is 5.14. The third-order valence-electron chi connectivity index (χ3n) is 3.79. The van der Waals surface area contributed by atoms with Crippen LogP contribution in [0.2, 0.25) is 0 Å². The zero-order valence-corrected chi connectivity index (χ0v) is 9.60. The fourth-order valence-electron chi connectivity index (χ4n) is 2.45. The van der Waals surface area contributed by atoms with Gasteiger partial charge in [0.25, 0.3) is 0 Å². The highest BCUT2D eigenvalue weighted by atomic mass is 16.2. The van der Waals surface area contributed by atoms with E-state index in [4.69, 9.17) is 0 Å². The fourth-order valence-corrected chi connectivity index (χ4v) is 2.45. The minimum Gasteiger partial charge on any atom is -0.293 e. The summed E-state index contributed by atoms with van der Waals surface area (Å²) in [7, 11) is 0. The van der Waals surface area contributed by atoms with Crippen LogP contribution in [0.1, 0.15) is 38.7 Å². The van der Waals surface area contributed by atoms with Crippen LogP contribution in [0.25, 0.3) is 0 Å². The molecule has 16 heavy (non-hydrogen) atoms. The standard InChI is InChI=1S/C12H15N3O/c1-12(2)9-6-13-7-14-10(9)15(11(12)16)8-4-3-5-8/h6-8H,3-5H2,1-2H3. The monoisotopic (exact) mass is 217 g/mol. The van der Waals surface area contributed by atoms with E-state index < -0.39 is 5.41 Å². The Labute approximate surface area is 94.7 Å². The zero-order valence-electron chi connectivity index (χ0n) is 9.60. The van der Waals surface area contributed by atoms with Crippen LogP contribution < -0.4 is 4.90 Å². The third kappa shape index (κ3) is 1.07. The summed E-state index contributed by atoms with van der Waals surface area (Å²) >= 11 is 0. The van der Waals surface area contributed by atoms with Crippen molar-refractivity contribution < 1.29 is 4.79 Å². The van der Waals surface area contributed by atoms with Crippen molar-refractivity contribution in [3.63, 3.8) is 0 Å². The molecule has 1 saturated carbocycles. The lowest BCUT2D eigenvalue weighted by Crippen LogP contribution is -2.46. The number of hydrogen-bond acceptors (Lipinski definition) is 3. The van der Waals surface area contributed by atoms with Crippen LogP contribution in [-0.2, 0) is 10.2 Å². The summed E-state index contributed by atoms with van der Waals surface area (Å²) in [6.45, 7) is 3.91. The quantitative estimate of drug-likeness (QED) is 0.718. The summed E-state index contributed by atoms with van der Waals surface area (Å²) in [5.74, 6) is 1.00. The summed E-state index contributed by atoms with van der Waals surface area (Å²) in [5, 5.41) is 0. The second kappa shape index (κ2) is 3.03. The molecule has 3 rings (SSSR count). The Morgan fingerprint density at radius 2 is 2.19 bits per heavy atom. The predicted molar refractivity (Wildman–Crippen MR) is 60.2 cm³/mol. The lowest BCUT2D eigenvalue weighted by Gasteiger charge is -2.35. The highest BCUT2D eigenvalue weighted by molar-refractivity contribution is 6.06. The summed E-state index contributed by atoms with van der Waals surface area (Å²) in [6.07, 6.45) is 6.73. The van der Waals surface area contributed by atoms with Gasteiger partial charge in [-0.25, -0.2) is 9.97 Å². The molecule has 4 heteroatoms. The van der Waals surface area contributed by atoms with Crippen LogP contribution in [0.5, 0.6) is 0 Å². The van der Waals surface area contributed by atoms with Gasteiger partial charge in [-0.1, -0.05) is 0 Å². The molecule has 2 heterocycles. The number of anilines is 1. The van der Waals surface area contributed by atoms with Gasteiger partial charge in [0.1, 0.15) is 12.1 Å². The maximum atomic E-state index is 12.4. The number of hydrogen-bond donors (Lipinski definition) is 0. The molecule has 4 nitrogen and oxygen atoms in total. The van der Waals surface area contributed by atoms with Gasteiger partial charge in [0.05, 0.1) is 5.41 Å². The van der Waals surface area contributed by atoms with Crippen molar-refractivity contribution in [1.82, 2.24) is 9.97 Å². The van der Waals surface area contributed by atoms with Gasteiger partial charge >= 0.3 is 0 Å². The van der Waals surface area contributed by atoms with E-state index in [0.29, 0.717) is 6.04 Å². The molecule has 0 aromatic carbocycles. The van der Waals surface area contributed by atoms with E-state index in [1.807, 2.05) is 18.7 Å². The maximum Gasteiger partial charge on any atom is 0.238 e. The van der Waals surface area contributed by atoms with E-state index in [1.54, 1.807) is 6.20 Å². The number of carbonyl (C=O) groups excluding carboxylic acids is 1. The first-order chi connectivity index (χ1) is 7.62. The Morgan fingerprint density at radius 3 is 2.81 bits per heavy atom. The van der Waals surface area contributed by atoms with Crippen molar-refractivity contribution in [2.45, 2.75) is 44.6 Å². The molecule has 2 aliphatic rings. The summed E-state index contributed by atoms with van der Waals surface area (Å²) < 4.78 is 0. The molecule has 0 bridgehead atoms. The molecule has 1 fully saturated rings. The highest BCUT2D eigenvalue weighted by Gasteiger charge is 2.48. The molecular formula is C12H15N3O. The van der Waals surface area contributed by atoms with Crippen LogP contribution >= 0.6 is 0 Å². The van der Waals surface area contributed by atoms with Crippen LogP contribution in [0.3, 0.4) is 0 Å². The average molecular weight is 217 g/mol. The number of amides is 1. The van der Waals surface area contributed by atoms with Crippen molar-refractivity contribution in [1.29, 1.82) is 0 Å². The van der Waals surface area contributed by atoms with Gasteiger partial charge in [-0.15, -0.1) is 0 Å². The Morgan fingerprint density at radius 1 is 1.44 bits per heavy atom. The Bertz CT molecular complexity index is 451. The van der Waals surface area contributed by atoms with E-state index in [-0.39, 0.29) is 5.91 Å².